The summed E-state index contributed by atoms with van der Waals surface area (Å²) < 4.78 is 27.7. The minimum absolute atomic E-state index is 0.0456. The second-order valence-electron chi connectivity index (χ2n) is 7.67. The average molecular weight is 511 g/mol. The first kappa shape index (κ1) is 26.4. The van der Waals surface area contributed by atoms with E-state index in [0.717, 1.165) is 10.4 Å². The van der Waals surface area contributed by atoms with Gasteiger partial charge in [0.15, 0.2) is 0 Å². The summed E-state index contributed by atoms with van der Waals surface area (Å²) in [5, 5.41) is 13.9. The van der Waals surface area contributed by atoms with Crippen molar-refractivity contribution in [3.8, 4) is 0 Å². The van der Waals surface area contributed by atoms with E-state index in [1.54, 1.807) is 35.2 Å². The van der Waals surface area contributed by atoms with Crippen molar-refractivity contribution >= 4 is 38.9 Å². The molecule has 11 heteroatoms. The summed E-state index contributed by atoms with van der Waals surface area (Å²) >= 11 is 0. The van der Waals surface area contributed by atoms with E-state index < -0.39 is 27.4 Å². The van der Waals surface area contributed by atoms with Crippen molar-refractivity contribution in [3.63, 3.8) is 0 Å². The van der Waals surface area contributed by atoms with Crippen LogP contribution in [0.1, 0.15) is 24.2 Å². The SMILES string of the molecule is CCN(CC)C(=O)c1ccccc1NC(=O)CN(c1cccc([N+](=O)[O-])c1)S(=O)(=O)c1ccccc1. The molecule has 3 aromatic carbocycles. The summed E-state index contributed by atoms with van der Waals surface area (Å²) in [7, 11) is -4.26. The van der Waals surface area contributed by atoms with E-state index in [1.165, 1.54) is 42.5 Å². The Balaban J connectivity index is 1.98. The van der Waals surface area contributed by atoms with Crippen LogP contribution in [0.2, 0.25) is 0 Å². The highest BCUT2D eigenvalue weighted by Crippen LogP contribution is 2.27. The number of non-ortho nitro benzene ring substituents is 1. The third-order valence-electron chi connectivity index (χ3n) is 5.43. The van der Waals surface area contributed by atoms with Crippen LogP contribution in [0.3, 0.4) is 0 Å². The zero-order valence-corrected chi connectivity index (χ0v) is 20.6. The largest absolute Gasteiger partial charge is 0.339 e. The maximum Gasteiger partial charge on any atom is 0.271 e. The lowest BCUT2D eigenvalue weighted by Gasteiger charge is -2.24. The summed E-state index contributed by atoms with van der Waals surface area (Å²) in [4.78, 5) is 38.2. The molecule has 0 unspecified atom stereocenters. The number of nitrogens with one attached hydrogen (secondary N) is 1. The van der Waals surface area contributed by atoms with Gasteiger partial charge in [0.05, 0.1) is 26.8 Å². The Bertz CT molecular complexity index is 1360. The molecule has 1 N–H and O–H groups in total. The Labute approximate surface area is 209 Å². The molecule has 0 aliphatic rings. The molecule has 0 atom stereocenters. The van der Waals surface area contributed by atoms with E-state index in [4.69, 9.17) is 0 Å². The number of carbonyl (C=O) groups excluding carboxylic acids is 2. The van der Waals surface area contributed by atoms with E-state index >= 15 is 0 Å². The molecule has 0 fully saturated rings. The minimum atomic E-state index is -4.26. The first-order valence-corrected chi connectivity index (χ1v) is 12.6. The molecular formula is C25H26N4O6S. The van der Waals surface area contributed by atoms with Gasteiger partial charge in [-0.3, -0.25) is 24.0 Å². The fraction of sp³-hybridized carbons (Fsp3) is 0.200. The lowest BCUT2D eigenvalue weighted by atomic mass is 10.1. The van der Waals surface area contributed by atoms with E-state index in [2.05, 4.69) is 5.32 Å². The second kappa shape index (κ2) is 11.5. The zero-order chi connectivity index (χ0) is 26.3. The first-order valence-electron chi connectivity index (χ1n) is 11.2. The summed E-state index contributed by atoms with van der Waals surface area (Å²) in [5.41, 5.74) is 0.130. The van der Waals surface area contributed by atoms with Crippen LogP contribution in [-0.4, -0.2) is 49.7 Å². The van der Waals surface area contributed by atoms with Crippen molar-refractivity contribution < 1.29 is 22.9 Å². The van der Waals surface area contributed by atoms with E-state index in [-0.39, 0.29) is 33.4 Å². The molecule has 2 amide bonds. The van der Waals surface area contributed by atoms with Gasteiger partial charge in [-0.25, -0.2) is 8.42 Å². The van der Waals surface area contributed by atoms with E-state index in [1.807, 2.05) is 13.8 Å². The molecule has 10 nitrogen and oxygen atoms in total. The van der Waals surface area contributed by atoms with Crippen LogP contribution in [0.25, 0.3) is 0 Å². The van der Waals surface area contributed by atoms with Crippen LogP contribution >= 0.6 is 0 Å². The highest BCUT2D eigenvalue weighted by atomic mass is 32.2. The van der Waals surface area contributed by atoms with Crippen molar-refractivity contribution in [2.45, 2.75) is 18.7 Å². The molecule has 0 bridgehead atoms. The van der Waals surface area contributed by atoms with Crippen LogP contribution in [0, 0.1) is 10.1 Å². The molecule has 36 heavy (non-hydrogen) atoms. The third kappa shape index (κ3) is 5.87. The predicted octanol–water partition coefficient (Wildman–Crippen LogP) is 3.91. The molecule has 0 aromatic heterocycles. The van der Waals surface area contributed by atoms with E-state index in [0.29, 0.717) is 13.1 Å². The van der Waals surface area contributed by atoms with Gasteiger partial charge in [-0.2, -0.15) is 0 Å². The van der Waals surface area contributed by atoms with Crippen molar-refractivity contribution in [2.24, 2.45) is 0 Å². The van der Waals surface area contributed by atoms with Crippen molar-refractivity contribution in [2.75, 3.05) is 29.3 Å². The number of benzene rings is 3. The smallest absolute Gasteiger partial charge is 0.271 e. The van der Waals surface area contributed by atoms with Gasteiger partial charge in [0.1, 0.15) is 6.54 Å². The van der Waals surface area contributed by atoms with Crippen molar-refractivity contribution in [1.82, 2.24) is 4.90 Å². The summed E-state index contributed by atoms with van der Waals surface area (Å²) in [5.74, 6) is -0.996. The number of nitrogens with zero attached hydrogens (tertiary/aromatic N) is 3. The van der Waals surface area contributed by atoms with Crippen LogP contribution in [0.4, 0.5) is 17.1 Å². The van der Waals surface area contributed by atoms with Crippen LogP contribution in [0.15, 0.2) is 83.8 Å². The highest BCUT2D eigenvalue weighted by molar-refractivity contribution is 7.92. The molecule has 3 aromatic rings. The number of amides is 2. The lowest BCUT2D eigenvalue weighted by molar-refractivity contribution is -0.384. The quantitative estimate of drug-likeness (QED) is 0.325. The Morgan fingerprint density at radius 3 is 2.19 bits per heavy atom. The Kier molecular flexibility index (Phi) is 8.38. The molecule has 0 saturated heterocycles. The normalized spacial score (nSPS) is 10.9. The number of nitro benzene ring substituents is 1. The van der Waals surface area contributed by atoms with Gasteiger partial charge in [-0.05, 0) is 44.2 Å². The first-order chi connectivity index (χ1) is 17.2. The number of hydrogen-bond acceptors (Lipinski definition) is 6. The summed E-state index contributed by atoms with van der Waals surface area (Å²) in [6, 6.07) is 18.9. The molecule has 0 heterocycles. The zero-order valence-electron chi connectivity index (χ0n) is 19.8. The lowest BCUT2D eigenvalue weighted by Crippen LogP contribution is -2.38. The van der Waals surface area contributed by atoms with Crippen LogP contribution in [-0.2, 0) is 14.8 Å². The molecule has 188 valence electrons. The van der Waals surface area contributed by atoms with Crippen molar-refractivity contribution in [1.29, 1.82) is 0 Å². The fourth-order valence-corrected chi connectivity index (χ4v) is 5.01. The maximum atomic E-state index is 13.5. The van der Waals surface area contributed by atoms with Gasteiger partial charge >= 0.3 is 0 Å². The number of carbonyl (C=O) groups is 2. The molecule has 0 saturated carbocycles. The Morgan fingerprint density at radius 1 is 0.917 bits per heavy atom. The number of nitro groups is 1. The number of hydrogen-bond donors (Lipinski definition) is 1. The topological polar surface area (TPSA) is 130 Å². The van der Waals surface area contributed by atoms with E-state index in [9.17, 15) is 28.1 Å². The molecule has 0 radical (unpaired) electrons. The predicted molar refractivity (Wildman–Crippen MR) is 136 cm³/mol. The minimum Gasteiger partial charge on any atom is -0.339 e. The number of para-hydroxylation sites is 1. The number of anilines is 2. The molecule has 0 aliphatic heterocycles. The van der Waals surface area contributed by atoms with Crippen molar-refractivity contribution in [3.05, 3.63) is 94.5 Å². The molecule has 0 spiro atoms. The number of rotatable bonds is 10. The third-order valence-corrected chi connectivity index (χ3v) is 7.22. The summed E-state index contributed by atoms with van der Waals surface area (Å²) in [6.45, 7) is 3.97. The van der Waals surface area contributed by atoms with Gasteiger partial charge in [0, 0.05) is 25.2 Å². The maximum absolute atomic E-state index is 13.5. The van der Waals surface area contributed by atoms with Gasteiger partial charge in [0.25, 0.3) is 21.6 Å². The average Bonchev–Trinajstić information content (AvgIpc) is 2.88. The monoisotopic (exact) mass is 510 g/mol. The Hall–Kier alpha value is -4.25. The van der Waals surface area contributed by atoms with Crippen LogP contribution in [0.5, 0.6) is 0 Å². The fourth-order valence-electron chi connectivity index (χ4n) is 3.58. The van der Waals surface area contributed by atoms with Gasteiger partial charge in [-0.15, -0.1) is 0 Å². The second-order valence-corrected chi connectivity index (χ2v) is 9.54. The molecule has 3 rings (SSSR count). The Morgan fingerprint density at radius 2 is 1.56 bits per heavy atom. The van der Waals surface area contributed by atoms with Gasteiger partial charge in [0.2, 0.25) is 5.91 Å². The summed E-state index contributed by atoms with van der Waals surface area (Å²) in [6.07, 6.45) is 0. The highest BCUT2D eigenvalue weighted by Gasteiger charge is 2.29. The van der Waals surface area contributed by atoms with Gasteiger partial charge in [-0.1, -0.05) is 36.4 Å². The standard InChI is InChI=1S/C25H26N4O6S/c1-3-27(4-2)25(31)22-15-8-9-16-23(22)26-24(30)18-28(19-11-10-12-20(17-19)29(32)33)36(34,35)21-13-6-5-7-14-21/h5-17H,3-4,18H2,1-2H3,(H,26,30). The number of sulfonamides is 1. The van der Waals surface area contributed by atoms with Gasteiger partial charge < -0.3 is 10.2 Å². The molecular weight excluding hydrogens is 484 g/mol. The van der Waals surface area contributed by atoms with Crippen LogP contribution < -0.4 is 9.62 Å². The molecule has 0 aliphatic carbocycles.